The number of piperidine rings is 1. The highest BCUT2D eigenvalue weighted by atomic mass is 19.1. The normalized spacial score (nSPS) is 18.4. The van der Waals surface area contributed by atoms with E-state index in [2.05, 4.69) is 22.0 Å². The van der Waals surface area contributed by atoms with E-state index in [0.717, 1.165) is 49.6 Å². The van der Waals surface area contributed by atoms with Gasteiger partial charge in [-0.1, -0.05) is 18.2 Å². The highest BCUT2D eigenvalue weighted by Crippen LogP contribution is 2.27. The van der Waals surface area contributed by atoms with Gasteiger partial charge in [0.15, 0.2) is 0 Å². The number of nitrogens with zero attached hydrogens (tertiary/aromatic N) is 4. The molecule has 0 spiro atoms. The van der Waals surface area contributed by atoms with Gasteiger partial charge in [0.1, 0.15) is 18.0 Å². The van der Waals surface area contributed by atoms with Crippen LogP contribution in [-0.4, -0.2) is 32.5 Å². The lowest BCUT2D eigenvalue weighted by atomic mass is 9.94. The first-order valence-corrected chi connectivity index (χ1v) is 8.70. The molecule has 0 unspecified atom stereocenters. The summed E-state index contributed by atoms with van der Waals surface area (Å²) in [4.78, 5) is 11.4. The van der Waals surface area contributed by atoms with Crippen molar-refractivity contribution in [3.05, 3.63) is 78.3 Å². The molecular weight excluding hydrogens is 315 g/mol. The van der Waals surface area contributed by atoms with Crippen molar-refractivity contribution in [2.45, 2.75) is 25.3 Å². The van der Waals surface area contributed by atoms with Gasteiger partial charge in [0.2, 0.25) is 0 Å². The summed E-state index contributed by atoms with van der Waals surface area (Å²) in [6.45, 7) is 2.92. The van der Waals surface area contributed by atoms with Gasteiger partial charge in [-0.05, 0) is 49.2 Å². The molecule has 5 heteroatoms. The van der Waals surface area contributed by atoms with Gasteiger partial charge in [0.05, 0.1) is 0 Å². The summed E-state index contributed by atoms with van der Waals surface area (Å²) in [7, 11) is 0. The Labute approximate surface area is 147 Å². The van der Waals surface area contributed by atoms with E-state index in [4.69, 9.17) is 4.98 Å². The second kappa shape index (κ2) is 7.15. The molecule has 3 heterocycles. The summed E-state index contributed by atoms with van der Waals surface area (Å²) in [5.41, 5.74) is 2.29. The molecule has 0 bridgehead atoms. The lowest BCUT2D eigenvalue weighted by Gasteiger charge is -2.32. The highest BCUT2D eigenvalue weighted by molar-refractivity contribution is 5.26. The summed E-state index contributed by atoms with van der Waals surface area (Å²) in [5.74, 6) is 1.16. The molecule has 0 aliphatic carbocycles. The molecule has 1 aliphatic heterocycles. The van der Waals surface area contributed by atoms with Crippen molar-refractivity contribution in [2.24, 2.45) is 0 Å². The van der Waals surface area contributed by atoms with Crippen molar-refractivity contribution in [1.29, 1.82) is 0 Å². The number of pyridine rings is 1. The zero-order chi connectivity index (χ0) is 17.1. The Morgan fingerprint density at radius 2 is 2.00 bits per heavy atom. The van der Waals surface area contributed by atoms with Gasteiger partial charge in [0.25, 0.3) is 0 Å². The summed E-state index contributed by atoms with van der Waals surface area (Å²) >= 11 is 0. The number of imidazole rings is 1. The molecule has 1 saturated heterocycles. The van der Waals surface area contributed by atoms with Crippen LogP contribution in [0.25, 0.3) is 5.82 Å². The van der Waals surface area contributed by atoms with E-state index in [0.29, 0.717) is 5.92 Å². The molecule has 1 aliphatic rings. The molecule has 4 nitrogen and oxygen atoms in total. The lowest BCUT2D eigenvalue weighted by Crippen LogP contribution is -2.34. The summed E-state index contributed by atoms with van der Waals surface area (Å²) in [6.07, 6.45) is 7.75. The number of hydrogen-bond acceptors (Lipinski definition) is 3. The maximum atomic E-state index is 13.1. The minimum Gasteiger partial charge on any atom is -0.298 e. The largest absolute Gasteiger partial charge is 0.298 e. The van der Waals surface area contributed by atoms with E-state index < -0.39 is 0 Å². The summed E-state index contributed by atoms with van der Waals surface area (Å²) in [5, 5.41) is 0. The van der Waals surface area contributed by atoms with Crippen molar-refractivity contribution in [3.8, 4) is 5.82 Å². The molecule has 2 aromatic heterocycles. The SMILES string of the molecule is Fc1ccc(CN2CCC[C@H](c3cccc(-n4ccnc4)n3)C2)cc1. The number of halogens is 1. The van der Waals surface area contributed by atoms with Crippen LogP contribution in [0.1, 0.15) is 30.0 Å². The Hall–Kier alpha value is -2.53. The zero-order valence-corrected chi connectivity index (χ0v) is 14.1. The van der Waals surface area contributed by atoms with Gasteiger partial charge in [-0.15, -0.1) is 0 Å². The Morgan fingerprint density at radius 1 is 1.12 bits per heavy atom. The molecule has 0 N–H and O–H groups in total. The fourth-order valence-electron chi connectivity index (χ4n) is 3.49. The fourth-order valence-corrected chi connectivity index (χ4v) is 3.49. The van der Waals surface area contributed by atoms with E-state index in [1.807, 2.05) is 29.0 Å². The van der Waals surface area contributed by atoms with Gasteiger partial charge < -0.3 is 0 Å². The van der Waals surface area contributed by atoms with E-state index in [9.17, 15) is 4.39 Å². The Balaban J connectivity index is 1.47. The van der Waals surface area contributed by atoms with Crippen LogP contribution in [0.3, 0.4) is 0 Å². The van der Waals surface area contributed by atoms with Crippen molar-refractivity contribution in [2.75, 3.05) is 13.1 Å². The van der Waals surface area contributed by atoms with Crippen LogP contribution in [0.15, 0.2) is 61.2 Å². The second-order valence-corrected chi connectivity index (χ2v) is 6.59. The fraction of sp³-hybridized carbons (Fsp3) is 0.300. The predicted molar refractivity (Wildman–Crippen MR) is 95.0 cm³/mol. The van der Waals surface area contributed by atoms with E-state index in [-0.39, 0.29) is 5.82 Å². The zero-order valence-electron chi connectivity index (χ0n) is 14.1. The third-order valence-electron chi connectivity index (χ3n) is 4.77. The van der Waals surface area contributed by atoms with Crippen molar-refractivity contribution in [3.63, 3.8) is 0 Å². The smallest absolute Gasteiger partial charge is 0.138 e. The van der Waals surface area contributed by atoms with Crippen LogP contribution in [0, 0.1) is 5.82 Å². The van der Waals surface area contributed by atoms with Gasteiger partial charge >= 0.3 is 0 Å². The monoisotopic (exact) mass is 336 g/mol. The van der Waals surface area contributed by atoms with Crippen LogP contribution in [0.2, 0.25) is 0 Å². The van der Waals surface area contributed by atoms with Crippen LogP contribution in [0.4, 0.5) is 4.39 Å². The van der Waals surface area contributed by atoms with Crippen LogP contribution in [-0.2, 0) is 6.54 Å². The Bertz CT molecular complexity index is 814. The van der Waals surface area contributed by atoms with E-state index in [1.165, 1.54) is 12.1 Å². The number of likely N-dealkylation sites (tertiary alicyclic amines) is 1. The Kier molecular flexibility index (Phi) is 4.57. The number of aromatic nitrogens is 3. The second-order valence-electron chi connectivity index (χ2n) is 6.59. The minimum atomic E-state index is -0.180. The van der Waals surface area contributed by atoms with E-state index >= 15 is 0 Å². The molecule has 4 rings (SSSR count). The highest BCUT2D eigenvalue weighted by Gasteiger charge is 2.22. The lowest BCUT2D eigenvalue weighted by molar-refractivity contribution is 0.198. The summed E-state index contributed by atoms with van der Waals surface area (Å²) in [6, 6.07) is 13.0. The molecule has 3 aromatic rings. The molecular formula is C20H21FN4. The average Bonchev–Trinajstić information content (AvgIpc) is 3.19. The maximum Gasteiger partial charge on any atom is 0.138 e. The maximum absolute atomic E-state index is 13.1. The number of hydrogen-bond donors (Lipinski definition) is 0. The van der Waals surface area contributed by atoms with Gasteiger partial charge in [-0.25, -0.2) is 14.4 Å². The average molecular weight is 336 g/mol. The third kappa shape index (κ3) is 3.77. The standard InChI is InChI=1S/C20H21FN4/c21-18-8-6-16(7-9-18)13-24-11-2-3-17(14-24)19-4-1-5-20(23-19)25-12-10-22-15-25/h1,4-10,12,15,17H,2-3,11,13-14H2/t17-/m0/s1. The molecule has 128 valence electrons. The first kappa shape index (κ1) is 16.0. The summed E-state index contributed by atoms with van der Waals surface area (Å²) < 4.78 is 15.0. The molecule has 0 amide bonds. The molecule has 0 radical (unpaired) electrons. The van der Waals surface area contributed by atoms with Crippen molar-refractivity contribution < 1.29 is 4.39 Å². The van der Waals surface area contributed by atoms with Crippen molar-refractivity contribution in [1.82, 2.24) is 19.4 Å². The minimum absolute atomic E-state index is 0.180. The molecule has 1 aromatic carbocycles. The predicted octanol–water partition coefficient (Wildman–Crippen LogP) is 3.79. The van der Waals surface area contributed by atoms with Crippen LogP contribution in [0.5, 0.6) is 0 Å². The van der Waals surface area contributed by atoms with Gasteiger partial charge in [0, 0.05) is 37.1 Å². The third-order valence-corrected chi connectivity index (χ3v) is 4.77. The van der Waals surface area contributed by atoms with Gasteiger partial charge in [-0.2, -0.15) is 0 Å². The van der Waals surface area contributed by atoms with Gasteiger partial charge in [-0.3, -0.25) is 9.47 Å². The van der Waals surface area contributed by atoms with Crippen LogP contribution < -0.4 is 0 Å². The quantitative estimate of drug-likeness (QED) is 0.727. The first-order chi connectivity index (χ1) is 12.3. The first-order valence-electron chi connectivity index (χ1n) is 8.70. The number of benzene rings is 1. The van der Waals surface area contributed by atoms with Crippen molar-refractivity contribution >= 4 is 0 Å². The molecule has 0 saturated carbocycles. The molecule has 1 fully saturated rings. The molecule has 25 heavy (non-hydrogen) atoms. The molecule has 1 atom stereocenters. The van der Waals surface area contributed by atoms with E-state index in [1.54, 1.807) is 12.5 Å². The number of rotatable bonds is 4. The Morgan fingerprint density at radius 3 is 2.80 bits per heavy atom. The topological polar surface area (TPSA) is 34.0 Å². The van der Waals surface area contributed by atoms with Crippen LogP contribution >= 0.6 is 0 Å².